The summed E-state index contributed by atoms with van der Waals surface area (Å²) in [5.74, 6) is -0.0470. The lowest BCUT2D eigenvalue weighted by Crippen LogP contribution is -2.07. The highest BCUT2D eigenvalue weighted by Gasteiger charge is 2.14. The van der Waals surface area contributed by atoms with Crippen LogP contribution in [0.1, 0.15) is 5.56 Å². The van der Waals surface area contributed by atoms with Crippen LogP contribution in [0.4, 0.5) is 4.39 Å². The number of benzene rings is 2. The minimum absolute atomic E-state index is 0.267. The maximum atomic E-state index is 13.1. The number of rotatable bonds is 3. The van der Waals surface area contributed by atoms with Gasteiger partial charge in [-0.15, -0.1) is 0 Å². The number of nitrogens with zero attached hydrogens (tertiary/aromatic N) is 1. The van der Waals surface area contributed by atoms with Crippen molar-refractivity contribution in [3.63, 3.8) is 0 Å². The summed E-state index contributed by atoms with van der Waals surface area (Å²) < 4.78 is 25.4. The molecule has 4 heteroatoms. The number of pyridine rings is 1. The molecule has 0 aliphatic rings. The normalized spacial score (nSPS) is 12.5. The van der Waals surface area contributed by atoms with Crippen LogP contribution in [0.2, 0.25) is 0 Å². The van der Waals surface area contributed by atoms with E-state index in [0.717, 1.165) is 10.9 Å². The van der Waals surface area contributed by atoms with E-state index in [1.165, 1.54) is 12.1 Å². The van der Waals surface area contributed by atoms with Crippen molar-refractivity contribution >= 4 is 22.1 Å². The monoisotopic (exact) mass is 285 g/mol. The summed E-state index contributed by atoms with van der Waals surface area (Å²) in [5, 5.41) is 1.53. The van der Waals surface area contributed by atoms with Crippen molar-refractivity contribution in [1.29, 1.82) is 0 Å². The first-order chi connectivity index (χ1) is 9.72. The van der Waals surface area contributed by atoms with E-state index in [4.69, 9.17) is 0 Å². The van der Waals surface area contributed by atoms with Crippen LogP contribution in [0.25, 0.3) is 10.9 Å². The summed E-state index contributed by atoms with van der Waals surface area (Å²) in [7, 11) is 0. The fourth-order valence-electron chi connectivity index (χ4n) is 2.03. The standard InChI is InChI=1S/C16H12FNOS/c17-14-6-3-4-12(10-14)11-20(19)16-9-8-13-5-1-2-7-15(13)18-16/h1-10H,11H2. The highest BCUT2D eigenvalue weighted by molar-refractivity contribution is 7.90. The third-order valence-electron chi connectivity index (χ3n) is 2.99. The van der Waals surface area contributed by atoms with Crippen LogP contribution < -0.4 is 0 Å². The van der Waals surface area contributed by atoms with Crippen molar-refractivity contribution in [1.82, 2.24) is 4.98 Å². The molecule has 3 aromatic rings. The third kappa shape index (κ3) is 2.81. The maximum absolute atomic E-state index is 13.1. The molecule has 1 unspecified atom stereocenters. The fraction of sp³-hybridized carbons (Fsp3) is 0.0625. The molecule has 0 aliphatic heterocycles. The van der Waals surface area contributed by atoms with Crippen molar-refractivity contribution in [2.24, 2.45) is 0 Å². The second-order valence-electron chi connectivity index (χ2n) is 4.46. The van der Waals surface area contributed by atoms with Crippen molar-refractivity contribution in [3.8, 4) is 0 Å². The van der Waals surface area contributed by atoms with Gasteiger partial charge >= 0.3 is 0 Å². The molecule has 100 valence electrons. The summed E-state index contributed by atoms with van der Waals surface area (Å²) in [6, 6.07) is 17.5. The quantitative estimate of drug-likeness (QED) is 0.688. The van der Waals surface area contributed by atoms with Crippen LogP contribution >= 0.6 is 0 Å². The Morgan fingerprint density at radius 1 is 1.00 bits per heavy atom. The van der Waals surface area contributed by atoms with E-state index in [2.05, 4.69) is 4.98 Å². The van der Waals surface area contributed by atoms with E-state index < -0.39 is 11.2 Å². The van der Waals surface area contributed by atoms with Gasteiger partial charge in [0.2, 0.25) is 5.03 Å². The summed E-state index contributed by atoms with van der Waals surface area (Å²) >= 11 is -1.28. The fourth-order valence-corrected chi connectivity index (χ4v) is 3.08. The van der Waals surface area contributed by atoms with Crippen LogP contribution in [-0.4, -0.2) is 9.54 Å². The molecule has 0 saturated carbocycles. The molecule has 0 bridgehead atoms. The Morgan fingerprint density at radius 3 is 2.70 bits per heavy atom. The van der Waals surface area contributed by atoms with Crippen LogP contribution in [0.5, 0.6) is 0 Å². The maximum Gasteiger partial charge on any atom is 0.245 e. The molecular formula is C16H12FNOS. The van der Waals surface area contributed by atoms with Crippen LogP contribution in [0.15, 0.2) is 65.7 Å². The number of aromatic nitrogens is 1. The average molecular weight is 285 g/mol. The Kier molecular flexibility index (Phi) is 3.67. The number of halogens is 1. The van der Waals surface area contributed by atoms with Gasteiger partial charge in [0.1, 0.15) is 11.6 Å². The van der Waals surface area contributed by atoms with Crippen molar-refractivity contribution in [3.05, 3.63) is 72.0 Å². The lowest BCUT2D eigenvalue weighted by Gasteiger charge is -2.10. The molecule has 0 amide bonds. The molecule has 0 N–H and O–H groups in total. The highest BCUT2D eigenvalue weighted by Crippen LogP contribution is 2.19. The lowest BCUT2D eigenvalue weighted by atomic mass is 10.2. The SMILES string of the molecule is [O-][S+](Cc1cccc(F)c1)c1ccc2ccccc2n1. The molecule has 0 radical (unpaired) electrons. The Bertz CT molecular complexity index is 747. The molecule has 0 saturated heterocycles. The zero-order chi connectivity index (χ0) is 13.9. The zero-order valence-corrected chi connectivity index (χ0v) is 11.4. The number of hydrogen-bond donors (Lipinski definition) is 0. The predicted octanol–water partition coefficient (Wildman–Crippen LogP) is 3.68. The lowest BCUT2D eigenvalue weighted by molar-refractivity contribution is 0.590. The molecule has 0 aliphatic carbocycles. The van der Waals surface area contributed by atoms with Gasteiger partial charge in [-0.25, -0.2) is 9.37 Å². The molecule has 3 rings (SSSR count). The number of hydrogen-bond acceptors (Lipinski definition) is 2. The topological polar surface area (TPSA) is 36.0 Å². The van der Waals surface area contributed by atoms with Gasteiger partial charge in [0.25, 0.3) is 0 Å². The number of fused-ring (bicyclic) bond motifs is 1. The molecule has 1 heterocycles. The van der Waals surface area contributed by atoms with E-state index in [0.29, 0.717) is 10.6 Å². The first kappa shape index (κ1) is 13.1. The summed E-state index contributed by atoms with van der Waals surface area (Å²) in [5.41, 5.74) is 1.52. The van der Waals surface area contributed by atoms with E-state index >= 15 is 0 Å². The molecular weight excluding hydrogens is 273 g/mol. The third-order valence-corrected chi connectivity index (χ3v) is 4.28. The van der Waals surface area contributed by atoms with Gasteiger partial charge in [0.15, 0.2) is 0 Å². The molecule has 2 nitrogen and oxygen atoms in total. The van der Waals surface area contributed by atoms with Gasteiger partial charge in [-0.05, 0) is 24.3 Å². The Labute approximate surface area is 119 Å². The summed E-state index contributed by atoms with van der Waals surface area (Å²) in [6.07, 6.45) is 0. The molecule has 2 aromatic carbocycles. The minimum Gasteiger partial charge on any atom is -0.610 e. The van der Waals surface area contributed by atoms with Gasteiger partial charge in [-0.3, -0.25) is 0 Å². The van der Waals surface area contributed by atoms with Crippen LogP contribution in [0, 0.1) is 5.82 Å². The first-order valence-corrected chi connectivity index (χ1v) is 7.53. The number of para-hydroxylation sites is 1. The van der Waals surface area contributed by atoms with Crippen LogP contribution in [0.3, 0.4) is 0 Å². The molecule has 0 fully saturated rings. The van der Waals surface area contributed by atoms with E-state index in [1.54, 1.807) is 18.2 Å². The largest absolute Gasteiger partial charge is 0.610 e. The van der Waals surface area contributed by atoms with Crippen molar-refractivity contribution in [2.75, 3.05) is 0 Å². The molecule has 0 spiro atoms. The molecule has 1 atom stereocenters. The second kappa shape index (κ2) is 5.61. The van der Waals surface area contributed by atoms with Gasteiger partial charge in [0.05, 0.1) is 5.52 Å². The second-order valence-corrected chi connectivity index (χ2v) is 5.86. The summed E-state index contributed by atoms with van der Waals surface area (Å²) in [4.78, 5) is 4.40. The van der Waals surface area contributed by atoms with Crippen LogP contribution in [-0.2, 0) is 16.9 Å². The van der Waals surface area contributed by atoms with Crippen molar-refractivity contribution < 1.29 is 8.94 Å². The van der Waals surface area contributed by atoms with E-state index in [1.807, 2.05) is 30.3 Å². The average Bonchev–Trinajstić information content (AvgIpc) is 2.47. The van der Waals surface area contributed by atoms with Gasteiger partial charge < -0.3 is 4.55 Å². The van der Waals surface area contributed by atoms with E-state index in [9.17, 15) is 8.94 Å². The van der Waals surface area contributed by atoms with Gasteiger partial charge in [-0.2, -0.15) is 0 Å². The zero-order valence-electron chi connectivity index (χ0n) is 10.6. The van der Waals surface area contributed by atoms with Crippen molar-refractivity contribution in [2.45, 2.75) is 10.8 Å². The van der Waals surface area contributed by atoms with E-state index in [-0.39, 0.29) is 11.6 Å². The van der Waals surface area contributed by atoms with Gasteiger partial charge in [0, 0.05) is 28.2 Å². The first-order valence-electron chi connectivity index (χ1n) is 6.21. The highest BCUT2D eigenvalue weighted by atomic mass is 32.2. The molecule has 20 heavy (non-hydrogen) atoms. The minimum atomic E-state index is -1.28. The predicted molar refractivity (Wildman–Crippen MR) is 78.3 cm³/mol. The Morgan fingerprint density at radius 2 is 1.85 bits per heavy atom. The Balaban J connectivity index is 1.86. The van der Waals surface area contributed by atoms with Gasteiger partial charge in [-0.1, -0.05) is 30.3 Å². The summed E-state index contributed by atoms with van der Waals surface area (Å²) in [6.45, 7) is 0. The Hall–Kier alpha value is -1.91. The smallest absolute Gasteiger partial charge is 0.245 e. The molecule has 1 aromatic heterocycles.